The predicted octanol–water partition coefficient (Wildman–Crippen LogP) is 1.03. The molecule has 0 bridgehead atoms. The molecule has 0 aliphatic carbocycles. The summed E-state index contributed by atoms with van der Waals surface area (Å²) in [5, 5.41) is 1.27. The number of aromatic nitrogens is 2. The second-order valence-electron chi connectivity index (χ2n) is 4.84. The summed E-state index contributed by atoms with van der Waals surface area (Å²) >= 11 is 0. The van der Waals surface area contributed by atoms with Gasteiger partial charge >= 0.3 is 13.3 Å². The Labute approximate surface area is 131 Å². The fraction of sp³-hybridized carbons (Fsp3) is 0.667. The van der Waals surface area contributed by atoms with E-state index in [2.05, 4.69) is 0 Å². The number of hydrogen-bond acceptors (Lipinski definition) is 7. The summed E-state index contributed by atoms with van der Waals surface area (Å²) in [6, 6.07) is 0. The average molecular weight is 351 g/mol. The Morgan fingerprint density at radius 3 is 2.57 bits per heavy atom. The van der Waals surface area contributed by atoms with Crippen LogP contribution in [0.5, 0.6) is 0 Å². The number of nitrogens with one attached hydrogen (secondary N) is 1. The lowest BCUT2D eigenvalue weighted by Gasteiger charge is -2.25. The minimum Gasteiger partial charge on any atom is -0.308 e. The molecule has 0 spiro atoms. The van der Waals surface area contributed by atoms with Crippen molar-refractivity contribution in [2.75, 3.05) is 20.3 Å². The van der Waals surface area contributed by atoms with E-state index < -0.39 is 36.7 Å². The van der Waals surface area contributed by atoms with Crippen molar-refractivity contribution in [1.82, 2.24) is 14.6 Å². The van der Waals surface area contributed by atoms with E-state index in [-0.39, 0.29) is 19.6 Å². The quantitative estimate of drug-likeness (QED) is 0.764. The van der Waals surface area contributed by atoms with Crippen LogP contribution in [0, 0.1) is 5.82 Å². The van der Waals surface area contributed by atoms with Crippen molar-refractivity contribution in [2.24, 2.45) is 0 Å². The van der Waals surface area contributed by atoms with Crippen molar-refractivity contribution >= 4 is 7.60 Å². The molecule has 0 radical (unpaired) electrons. The summed E-state index contributed by atoms with van der Waals surface area (Å²) in [6.45, 7) is 3.72. The highest BCUT2D eigenvalue weighted by Gasteiger charge is 2.46. The standard InChI is InChI=1S/C12H19FN3O6P/c1-4-20-23(19,21-5-2)10-6-9(22-15(10)3)16-7-8(13)11(17)14-12(16)18/h7,9-10H,4-6H2,1-3H3,(H,14,17,18)/t9-,10-/m0/s1. The van der Waals surface area contributed by atoms with Gasteiger partial charge in [-0.15, -0.1) is 0 Å². The fourth-order valence-electron chi connectivity index (χ4n) is 2.37. The summed E-state index contributed by atoms with van der Waals surface area (Å²) in [5.74, 6) is -1.87. The van der Waals surface area contributed by atoms with Gasteiger partial charge < -0.3 is 9.05 Å². The van der Waals surface area contributed by atoms with E-state index in [9.17, 15) is 18.5 Å². The molecule has 2 atom stereocenters. The Balaban J connectivity index is 2.31. The van der Waals surface area contributed by atoms with Crippen LogP contribution in [0.4, 0.5) is 4.39 Å². The van der Waals surface area contributed by atoms with Gasteiger partial charge in [0, 0.05) is 13.5 Å². The lowest BCUT2D eigenvalue weighted by atomic mass is 10.4. The summed E-state index contributed by atoms with van der Waals surface area (Å²) in [5.41, 5.74) is -1.93. The molecule has 130 valence electrons. The number of halogens is 1. The van der Waals surface area contributed by atoms with Gasteiger partial charge in [-0.25, -0.2) is 4.79 Å². The summed E-state index contributed by atoms with van der Waals surface area (Å²) in [6.07, 6.45) is -0.105. The Morgan fingerprint density at radius 1 is 1.39 bits per heavy atom. The van der Waals surface area contributed by atoms with E-state index in [0.717, 1.165) is 10.8 Å². The maximum Gasteiger partial charge on any atom is 0.350 e. The van der Waals surface area contributed by atoms with Crippen LogP contribution in [-0.2, 0) is 18.5 Å². The minimum atomic E-state index is -3.50. The summed E-state index contributed by atoms with van der Waals surface area (Å²) in [4.78, 5) is 30.2. The fourth-order valence-corrected chi connectivity index (χ4v) is 4.40. The highest BCUT2D eigenvalue weighted by molar-refractivity contribution is 7.54. The number of H-pyrrole nitrogens is 1. The minimum absolute atomic E-state index is 0.0686. The van der Waals surface area contributed by atoms with Crippen molar-refractivity contribution in [2.45, 2.75) is 32.3 Å². The molecule has 1 saturated heterocycles. The monoisotopic (exact) mass is 351 g/mol. The van der Waals surface area contributed by atoms with E-state index in [1.165, 1.54) is 12.1 Å². The molecular weight excluding hydrogens is 332 g/mol. The number of nitrogens with zero attached hydrogens (tertiary/aromatic N) is 2. The second kappa shape index (κ2) is 7.06. The lowest BCUT2D eigenvalue weighted by molar-refractivity contribution is -0.160. The van der Waals surface area contributed by atoms with Crippen molar-refractivity contribution in [3.8, 4) is 0 Å². The van der Waals surface area contributed by atoms with Crippen molar-refractivity contribution in [3.05, 3.63) is 32.9 Å². The molecule has 0 aromatic carbocycles. The van der Waals surface area contributed by atoms with E-state index in [0.29, 0.717) is 0 Å². The molecule has 11 heteroatoms. The van der Waals surface area contributed by atoms with Gasteiger partial charge in [0.05, 0.1) is 19.4 Å². The Hall–Kier alpha value is -1.32. The second-order valence-corrected chi connectivity index (χ2v) is 7.03. The van der Waals surface area contributed by atoms with Crippen LogP contribution in [-0.4, -0.2) is 40.7 Å². The largest absolute Gasteiger partial charge is 0.350 e. The first kappa shape index (κ1) is 18.0. The zero-order valence-electron chi connectivity index (χ0n) is 13.0. The first-order chi connectivity index (χ1) is 10.8. The third-order valence-corrected chi connectivity index (χ3v) is 5.84. The van der Waals surface area contributed by atoms with Crippen LogP contribution in [0.3, 0.4) is 0 Å². The maximum atomic E-state index is 13.4. The molecule has 23 heavy (non-hydrogen) atoms. The van der Waals surface area contributed by atoms with Gasteiger partial charge in [-0.05, 0) is 13.8 Å². The first-order valence-corrected chi connectivity index (χ1v) is 8.73. The van der Waals surface area contributed by atoms with E-state index in [1.54, 1.807) is 13.8 Å². The molecular formula is C12H19FN3O6P. The van der Waals surface area contributed by atoms with E-state index in [1.807, 2.05) is 4.98 Å². The zero-order valence-corrected chi connectivity index (χ0v) is 13.9. The summed E-state index contributed by atoms with van der Waals surface area (Å²) < 4.78 is 37.7. The number of hydroxylamine groups is 2. The molecule has 1 fully saturated rings. The number of hydrogen-bond donors (Lipinski definition) is 1. The molecule has 0 saturated carbocycles. The Kier molecular flexibility index (Phi) is 5.53. The highest BCUT2D eigenvalue weighted by Crippen LogP contribution is 2.58. The van der Waals surface area contributed by atoms with Crippen LogP contribution < -0.4 is 11.2 Å². The van der Waals surface area contributed by atoms with Crippen LogP contribution in [0.25, 0.3) is 0 Å². The van der Waals surface area contributed by atoms with Crippen LogP contribution in [0.1, 0.15) is 26.5 Å². The molecule has 1 aromatic rings. The lowest BCUT2D eigenvalue weighted by Crippen LogP contribution is -2.34. The topological polar surface area (TPSA) is 103 Å². The third-order valence-electron chi connectivity index (χ3n) is 3.34. The zero-order chi connectivity index (χ0) is 17.2. The highest BCUT2D eigenvalue weighted by atomic mass is 31.2. The predicted molar refractivity (Wildman–Crippen MR) is 78.4 cm³/mol. The third kappa shape index (κ3) is 3.61. The Bertz CT molecular complexity index is 709. The van der Waals surface area contributed by atoms with Crippen molar-refractivity contribution in [3.63, 3.8) is 0 Å². The van der Waals surface area contributed by atoms with Gasteiger partial charge in [0.15, 0.2) is 6.23 Å². The maximum absolute atomic E-state index is 13.4. The molecule has 2 rings (SSSR count). The average Bonchev–Trinajstić information content (AvgIpc) is 2.86. The number of aromatic amines is 1. The molecule has 2 heterocycles. The number of rotatable bonds is 6. The van der Waals surface area contributed by atoms with Crippen molar-refractivity contribution < 1.29 is 22.8 Å². The normalized spacial score (nSPS) is 22.6. The molecule has 1 aliphatic rings. The molecule has 1 aliphatic heterocycles. The van der Waals surface area contributed by atoms with Gasteiger partial charge in [-0.1, -0.05) is 0 Å². The van der Waals surface area contributed by atoms with Gasteiger partial charge in [-0.2, -0.15) is 9.45 Å². The van der Waals surface area contributed by atoms with Crippen LogP contribution >= 0.6 is 7.60 Å². The summed E-state index contributed by atoms with van der Waals surface area (Å²) in [7, 11) is -1.98. The van der Waals surface area contributed by atoms with Crippen molar-refractivity contribution in [1.29, 1.82) is 0 Å². The molecule has 0 unspecified atom stereocenters. The smallest absolute Gasteiger partial charge is 0.308 e. The van der Waals surface area contributed by atoms with E-state index in [4.69, 9.17) is 13.9 Å². The van der Waals surface area contributed by atoms with E-state index >= 15 is 0 Å². The van der Waals surface area contributed by atoms with Gasteiger partial charge in [-0.3, -0.25) is 23.7 Å². The first-order valence-electron chi connectivity index (χ1n) is 7.11. The van der Waals surface area contributed by atoms with Gasteiger partial charge in [0.2, 0.25) is 5.82 Å². The SMILES string of the molecule is CCOP(=O)(OCC)[C@H]1C[C@@H](n2cc(F)c(=O)[nH]c2=O)ON1C. The molecule has 9 nitrogen and oxygen atoms in total. The van der Waals surface area contributed by atoms with Crippen LogP contribution in [0.2, 0.25) is 0 Å². The molecule has 0 amide bonds. The van der Waals surface area contributed by atoms with Crippen LogP contribution in [0.15, 0.2) is 15.8 Å². The Morgan fingerprint density at radius 2 is 2.00 bits per heavy atom. The van der Waals surface area contributed by atoms with Gasteiger partial charge in [0.25, 0.3) is 5.56 Å². The molecule has 1 N–H and O–H groups in total. The molecule has 1 aromatic heterocycles. The van der Waals surface area contributed by atoms with Gasteiger partial charge in [0.1, 0.15) is 5.78 Å².